The molecule has 0 spiro atoms. The predicted molar refractivity (Wildman–Crippen MR) is 99.3 cm³/mol. The summed E-state index contributed by atoms with van der Waals surface area (Å²) in [5.74, 6) is 0.317. The van der Waals surface area contributed by atoms with E-state index in [0.29, 0.717) is 25.3 Å². The maximum absolute atomic E-state index is 12.4. The average Bonchev–Trinajstić information content (AvgIpc) is 2.50. The first-order chi connectivity index (χ1) is 12.2. The Morgan fingerprint density at radius 3 is 2.77 bits per heavy atom. The number of aromatic nitrogens is 1. The lowest BCUT2D eigenvalue weighted by molar-refractivity contribution is -0.130. The number of nitrogen functional groups attached to an aromatic ring is 1. The number of benzene rings is 1. The van der Waals surface area contributed by atoms with E-state index in [1.54, 1.807) is 6.20 Å². The van der Waals surface area contributed by atoms with Crippen LogP contribution in [0, 0.1) is 0 Å². The maximum Gasteiger partial charge on any atom is 0.410 e. The van der Waals surface area contributed by atoms with Crippen LogP contribution >= 0.6 is 0 Å². The quantitative estimate of drug-likeness (QED) is 0.880. The van der Waals surface area contributed by atoms with Crippen molar-refractivity contribution in [2.45, 2.75) is 45.4 Å². The summed E-state index contributed by atoms with van der Waals surface area (Å²) in [7, 11) is 0. The van der Waals surface area contributed by atoms with Gasteiger partial charge in [-0.25, -0.2) is 9.78 Å². The van der Waals surface area contributed by atoms with Crippen molar-refractivity contribution in [3.63, 3.8) is 0 Å². The normalized spacial score (nSPS) is 16.9. The van der Waals surface area contributed by atoms with E-state index >= 15 is 0 Å². The number of hydrogen-bond donors (Lipinski definition) is 2. The molecular weight excluding hydrogens is 332 g/mol. The van der Waals surface area contributed by atoms with E-state index < -0.39 is 17.7 Å². The van der Waals surface area contributed by atoms with E-state index in [2.05, 4.69) is 10.3 Å². The first-order valence-electron chi connectivity index (χ1n) is 8.65. The summed E-state index contributed by atoms with van der Waals surface area (Å²) in [6.07, 6.45) is 1.86. The molecule has 1 fully saturated rings. The third-order valence-electron chi connectivity index (χ3n) is 4.28. The van der Waals surface area contributed by atoms with Gasteiger partial charge in [-0.15, -0.1) is 0 Å². The van der Waals surface area contributed by atoms with Crippen molar-refractivity contribution in [3.05, 3.63) is 36.0 Å². The minimum absolute atomic E-state index is 0.170. The Labute approximate surface area is 152 Å². The van der Waals surface area contributed by atoms with Crippen molar-refractivity contribution in [1.29, 1.82) is 0 Å². The van der Waals surface area contributed by atoms with Gasteiger partial charge in [-0.1, -0.05) is 12.1 Å². The molecule has 1 aliphatic rings. The minimum atomic E-state index is -0.574. The van der Waals surface area contributed by atoms with E-state index in [1.165, 1.54) is 4.90 Å². The van der Waals surface area contributed by atoms with Crippen LogP contribution in [-0.4, -0.2) is 40.1 Å². The fraction of sp³-hybridized carbons (Fsp3) is 0.421. The lowest BCUT2D eigenvalue weighted by Gasteiger charge is -2.40. The Morgan fingerprint density at radius 1 is 1.35 bits per heavy atom. The molecule has 7 nitrogen and oxygen atoms in total. The Hall–Kier alpha value is -2.83. The van der Waals surface area contributed by atoms with Gasteiger partial charge in [0.15, 0.2) is 0 Å². The van der Waals surface area contributed by atoms with Crippen LogP contribution in [0.25, 0.3) is 10.8 Å². The lowest BCUT2D eigenvalue weighted by atomic mass is 10.0. The molecular formula is C19H24N4O3. The first-order valence-corrected chi connectivity index (χ1v) is 8.65. The molecule has 1 saturated heterocycles. The fourth-order valence-corrected chi connectivity index (χ4v) is 2.87. The van der Waals surface area contributed by atoms with Crippen LogP contribution in [0.4, 0.5) is 10.6 Å². The highest BCUT2D eigenvalue weighted by Gasteiger charge is 2.39. The molecule has 3 N–H and O–H groups in total. The average molecular weight is 356 g/mol. The number of ether oxygens (including phenoxy) is 1. The Morgan fingerprint density at radius 2 is 2.12 bits per heavy atom. The zero-order chi connectivity index (χ0) is 18.9. The SMILES string of the molecule is CC(C)(C)OC(=O)N1CC[C@H]1C(=O)NCc1ccc2c(N)nccc2c1. The largest absolute Gasteiger partial charge is 0.444 e. The monoisotopic (exact) mass is 356 g/mol. The summed E-state index contributed by atoms with van der Waals surface area (Å²) >= 11 is 0. The maximum atomic E-state index is 12.4. The van der Waals surface area contributed by atoms with E-state index in [9.17, 15) is 9.59 Å². The number of carbonyl (C=O) groups is 2. The fourth-order valence-electron chi connectivity index (χ4n) is 2.87. The lowest BCUT2D eigenvalue weighted by Crippen LogP contribution is -2.59. The van der Waals surface area contributed by atoms with Gasteiger partial charge >= 0.3 is 6.09 Å². The summed E-state index contributed by atoms with van der Waals surface area (Å²) in [5, 5.41) is 4.75. The highest BCUT2D eigenvalue weighted by Crippen LogP contribution is 2.22. The number of fused-ring (bicyclic) bond motifs is 1. The molecule has 1 aliphatic heterocycles. The molecule has 1 aromatic heterocycles. The molecule has 3 rings (SSSR count). The second kappa shape index (κ2) is 6.82. The third-order valence-corrected chi connectivity index (χ3v) is 4.28. The topological polar surface area (TPSA) is 97.5 Å². The van der Waals surface area contributed by atoms with Crippen molar-refractivity contribution in [2.75, 3.05) is 12.3 Å². The van der Waals surface area contributed by atoms with Crippen LogP contribution in [0.5, 0.6) is 0 Å². The van der Waals surface area contributed by atoms with Crippen molar-refractivity contribution in [2.24, 2.45) is 0 Å². The number of rotatable bonds is 3. The van der Waals surface area contributed by atoms with E-state index in [0.717, 1.165) is 16.3 Å². The van der Waals surface area contributed by atoms with Crippen molar-refractivity contribution in [3.8, 4) is 0 Å². The molecule has 2 aromatic rings. The molecule has 0 bridgehead atoms. The summed E-state index contributed by atoms with van der Waals surface area (Å²) in [5.41, 5.74) is 6.23. The number of carbonyl (C=O) groups excluding carboxylic acids is 2. The highest BCUT2D eigenvalue weighted by molar-refractivity contribution is 5.91. The Bertz CT molecular complexity index is 844. The minimum Gasteiger partial charge on any atom is -0.444 e. The van der Waals surface area contributed by atoms with Gasteiger partial charge < -0.3 is 15.8 Å². The zero-order valence-electron chi connectivity index (χ0n) is 15.3. The van der Waals surface area contributed by atoms with Crippen LogP contribution in [0.1, 0.15) is 32.8 Å². The smallest absolute Gasteiger partial charge is 0.410 e. The number of likely N-dealkylation sites (tertiary alicyclic amines) is 1. The number of nitrogens with one attached hydrogen (secondary N) is 1. The van der Waals surface area contributed by atoms with Crippen molar-refractivity contribution < 1.29 is 14.3 Å². The molecule has 7 heteroatoms. The number of nitrogens with two attached hydrogens (primary N) is 1. The summed E-state index contributed by atoms with van der Waals surface area (Å²) < 4.78 is 5.33. The molecule has 1 atom stereocenters. The number of hydrogen-bond acceptors (Lipinski definition) is 5. The molecule has 2 amide bonds. The van der Waals surface area contributed by atoms with E-state index in [1.807, 2.05) is 45.0 Å². The van der Waals surface area contributed by atoms with Gasteiger partial charge in [0, 0.05) is 24.7 Å². The molecule has 0 radical (unpaired) electrons. The molecule has 26 heavy (non-hydrogen) atoms. The molecule has 0 saturated carbocycles. The van der Waals surface area contributed by atoms with Crippen molar-refractivity contribution >= 4 is 28.6 Å². The van der Waals surface area contributed by atoms with Crippen LogP contribution in [0.3, 0.4) is 0 Å². The summed E-state index contributed by atoms with van der Waals surface area (Å²) in [6.45, 7) is 6.34. The standard InChI is InChI=1S/C19H24N4O3/c1-19(2,3)26-18(25)23-9-7-15(23)17(24)22-11-12-4-5-14-13(10-12)6-8-21-16(14)20/h4-6,8,10,15H,7,9,11H2,1-3H3,(H2,20,21)(H,22,24)/t15-/m0/s1. The predicted octanol–water partition coefficient (Wildman–Crippen LogP) is 2.44. The molecule has 0 unspecified atom stereocenters. The van der Waals surface area contributed by atoms with Gasteiger partial charge in [0.05, 0.1) is 0 Å². The number of amides is 2. The highest BCUT2D eigenvalue weighted by atomic mass is 16.6. The number of pyridine rings is 1. The zero-order valence-corrected chi connectivity index (χ0v) is 15.3. The van der Waals surface area contributed by atoms with Crippen LogP contribution in [0.2, 0.25) is 0 Å². The molecule has 138 valence electrons. The number of anilines is 1. The van der Waals surface area contributed by atoms with Gasteiger partial charge in [-0.3, -0.25) is 9.69 Å². The molecule has 1 aromatic carbocycles. The van der Waals surface area contributed by atoms with Crippen LogP contribution < -0.4 is 11.1 Å². The van der Waals surface area contributed by atoms with Gasteiger partial charge in [0.1, 0.15) is 17.5 Å². The van der Waals surface area contributed by atoms with Crippen LogP contribution in [0.15, 0.2) is 30.5 Å². The second-order valence-electron chi connectivity index (χ2n) is 7.45. The van der Waals surface area contributed by atoms with Crippen molar-refractivity contribution in [1.82, 2.24) is 15.2 Å². The molecule has 2 heterocycles. The first kappa shape index (κ1) is 18.0. The van der Waals surface area contributed by atoms with Gasteiger partial charge in [-0.05, 0) is 50.3 Å². The van der Waals surface area contributed by atoms with Crippen LogP contribution in [-0.2, 0) is 16.1 Å². The van der Waals surface area contributed by atoms with Gasteiger partial charge in [0.2, 0.25) is 5.91 Å². The summed E-state index contributed by atoms with van der Waals surface area (Å²) in [6, 6.07) is 7.20. The Balaban J connectivity index is 1.60. The number of nitrogens with zero attached hydrogens (tertiary/aromatic N) is 2. The Kier molecular flexibility index (Phi) is 4.71. The second-order valence-corrected chi connectivity index (χ2v) is 7.45. The molecule has 0 aliphatic carbocycles. The summed E-state index contributed by atoms with van der Waals surface area (Å²) in [4.78, 5) is 30.0. The van der Waals surface area contributed by atoms with E-state index in [-0.39, 0.29) is 5.91 Å². The van der Waals surface area contributed by atoms with E-state index in [4.69, 9.17) is 10.5 Å². The van der Waals surface area contributed by atoms with Gasteiger partial charge in [-0.2, -0.15) is 0 Å². The third kappa shape index (κ3) is 3.87. The van der Waals surface area contributed by atoms with Gasteiger partial charge in [0.25, 0.3) is 0 Å².